The minimum absolute atomic E-state index is 0.0693. The molecule has 0 fully saturated rings. The Balaban J connectivity index is 2.21. The van der Waals surface area contributed by atoms with Gasteiger partial charge in [0.25, 0.3) is 0 Å². The van der Waals surface area contributed by atoms with Crippen LogP contribution in [0.2, 0.25) is 0 Å². The lowest BCUT2D eigenvalue weighted by Gasteiger charge is -2.14. The minimum Gasteiger partial charge on any atom is -0.490 e. The van der Waals surface area contributed by atoms with E-state index in [0.717, 1.165) is 6.42 Å². The zero-order chi connectivity index (χ0) is 13.9. The highest BCUT2D eigenvalue weighted by molar-refractivity contribution is 7.93. The maximum absolute atomic E-state index is 11.9. The molecular weight excluding hydrogens is 268 g/mol. The molecule has 1 aliphatic rings. The normalized spacial score (nSPS) is 16.5. The fourth-order valence-corrected chi connectivity index (χ4v) is 2.53. The van der Waals surface area contributed by atoms with Gasteiger partial charge in [0.2, 0.25) is 10.0 Å². The third kappa shape index (κ3) is 3.30. The lowest BCUT2D eigenvalue weighted by molar-refractivity contribution is 0.297. The van der Waals surface area contributed by atoms with Gasteiger partial charge >= 0.3 is 0 Å². The number of fused-ring (bicyclic) bond motifs is 1. The molecule has 0 bridgehead atoms. The number of ether oxygens (including phenoxy) is 2. The maximum Gasteiger partial charge on any atom is 0.236 e. The van der Waals surface area contributed by atoms with Crippen molar-refractivity contribution in [2.24, 2.45) is 5.73 Å². The summed E-state index contributed by atoms with van der Waals surface area (Å²) in [6.07, 6.45) is 0.806. The molecule has 1 aromatic carbocycles. The topological polar surface area (TPSA) is 90.7 Å². The molecule has 2 rings (SSSR count). The molecule has 0 amide bonds. The second kappa shape index (κ2) is 5.66. The molecule has 0 aromatic heterocycles. The van der Waals surface area contributed by atoms with Crippen LogP contribution in [0.1, 0.15) is 13.3 Å². The predicted octanol–water partition coefficient (Wildman–Crippen LogP) is 0.937. The van der Waals surface area contributed by atoms with Crippen LogP contribution in [-0.4, -0.2) is 33.4 Å². The molecule has 6 nitrogen and oxygen atoms in total. The van der Waals surface area contributed by atoms with E-state index in [1.165, 1.54) is 0 Å². The Morgan fingerprint density at radius 2 is 2.00 bits per heavy atom. The Morgan fingerprint density at radius 1 is 1.32 bits per heavy atom. The van der Waals surface area contributed by atoms with Gasteiger partial charge in [0.1, 0.15) is 0 Å². The van der Waals surface area contributed by atoms with Gasteiger partial charge in [0.05, 0.1) is 24.2 Å². The van der Waals surface area contributed by atoms with E-state index in [1.54, 1.807) is 25.1 Å². The van der Waals surface area contributed by atoms with E-state index in [2.05, 4.69) is 4.72 Å². The van der Waals surface area contributed by atoms with Crippen molar-refractivity contribution in [3.63, 3.8) is 0 Å². The molecule has 7 heteroatoms. The average molecular weight is 286 g/mol. The van der Waals surface area contributed by atoms with Crippen molar-refractivity contribution in [1.82, 2.24) is 0 Å². The number of benzene rings is 1. The third-order valence-corrected chi connectivity index (χ3v) is 4.64. The van der Waals surface area contributed by atoms with Crippen molar-refractivity contribution in [2.45, 2.75) is 18.6 Å². The molecule has 1 heterocycles. The van der Waals surface area contributed by atoms with Gasteiger partial charge in [-0.2, -0.15) is 0 Å². The van der Waals surface area contributed by atoms with E-state index < -0.39 is 15.3 Å². The first kappa shape index (κ1) is 14.0. The third-order valence-electron chi connectivity index (χ3n) is 2.87. The van der Waals surface area contributed by atoms with Crippen molar-refractivity contribution in [2.75, 3.05) is 24.5 Å². The van der Waals surface area contributed by atoms with E-state index in [1.807, 2.05) is 0 Å². The predicted molar refractivity (Wildman–Crippen MR) is 73.1 cm³/mol. The highest BCUT2D eigenvalue weighted by Gasteiger charge is 2.20. The largest absolute Gasteiger partial charge is 0.490 e. The van der Waals surface area contributed by atoms with Crippen LogP contribution in [0.25, 0.3) is 0 Å². The molecule has 0 radical (unpaired) electrons. The van der Waals surface area contributed by atoms with Crippen molar-refractivity contribution < 1.29 is 17.9 Å². The van der Waals surface area contributed by atoms with Crippen molar-refractivity contribution >= 4 is 15.7 Å². The van der Waals surface area contributed by atoms with Crippen LogP contribution in [-0.2, 0) is 10.0 Å². The lowest BCUT2D eigenvalue weighted by atomic mass is 10.3. The summed E-state index contributed by atoms with van der Waals surface area (Å²) in [7, 11) is -3.47. The summed E-state index contributed by atoms with van der Waals surface area (Å²) < 4.78 is 37.3. The van der Waals surface area contributed by atoms with Crippen molar-refractivity contribution in [3.05, 3.63) is 18.2 Å². The van der Waals surface area contributed by atoms with E-state index in [4.69, 9.17) is 15.2 Å². The first-order chi connectivity index (χ1) is 9.03. The standard InChI is InChI=1S/C12H18N2O4S/c1-9(8-13)19(15,16)14-10-3-4-11-12(7-10)18-6-2-5-17-11/h3-4,7,9,14H,2,5-6,8,13H2,1H3. The molecule has 1 aromatic rings. The van der Waals surface area contributed by atoms with Crippen LogP contribution in [0, 0.1) is 0 Å². The zero-order valence-electron chi connectivity index (χ0n) is 10.8. The Hall–Kier alpha value is -1.47. The molecule has 1 atom stereocenters. The SMILES string of the molecule is CC(CN)S(=O)(=O)Nc1ccc2c(c1)OCCCO2. The first-order valence-electron chi connectivity index (χ1n) is 6.14. The van der Waals surface area contributed by atoms with Gasteiger partial charge in [-0.05, 0) is 19.1 Å². The monoisotopic (exact) mass is 286 g/mol. The van der Waals surface area contributed by atoms with Crippen LogP contribution in [0.5, 0.6) is 11.5 Å². The summed E-state index contributed by atoms with van der Waals surface area (Å²) in [5.74, 6) is 1.19. The number of nitrogens with one attached hydrogen (secondary N) is 1. The molecule has 0 saturated carbocycles. The van der Waals surface area contributed by atoms with Gasteiger partial charge < -0.3 is 15.2 Å². The second-order valence-electron chi connectivity index (χ2n) is 4.41. The molecule has 0 saturated heterocycles. The summed E-state index contributed by atoms with van der Waals surface area (Å²) in [4.78, 5) is 0. The van der Waals surface area contributed by atoms with E-state index in [-0.39, 0.29) is 6.54 Å². The zero-order valence-corrected chi connectivity index (χ0v) is 11.6. The number of rotatable bonds is 4. The number of anilines is 1. The molecule has 1 aliphatic heterocycles. The number of sulfonamides is 1. The van der Waals surface area contributed by atoms with Gasteiger partial charge in [0.15, 0.2) is 11.5 Å². The summed E-state index contributed by atoms with van der Waals surface area (Å²) in [6.45, 7) is 2.79. The van der Waals surface area contributed by atoms with Crippen LogP contribution >= 0.6 is 0 Å². The van der Waals surface area contributed by atoms with Gasteiger partial charge in [-0.15, -0.1) is 0 Å². The Labute approximate surface area is 112 Å². The first-order valence-corrected chi connectivity index (χ1v) is 7.69. The van der Waals surface area contributed by atoms with Crippen LogP contribution in [0.3, 0.4) is 0 Å². The Kier molecular flexibility index (Phi) is 4.16. The van der Waals surface area contributed by atoms with E-state index in [9.17, 15) is 8.42 Å². The number of nitrogens with two attached hydrogens (primary N) is 1. The van der Waals surface area contributed by atoms with E-state index in [0.29, 0.717) is 30.4 Å². The van der Waals surface area contributed by atoms with Crippen LogP contribution < -0.4 is 19.9 Å². The van der Waals surface area contributed by atoms with Gasteiger partial charge in [-0.1, -0.05) is 0 Å². The molecule has 0 aliphatic carbocycles. The van der Waals surface area contributed by atoms with Crippen LogP contribution in [0.15, 0.2) is 18.2 Å². The molecule has 1 unspecified atom stereocenters. The maximum atomic E-state index is 11.9. The Bertz CT molecular complexity index is 545. The van der Waals surface area contributed by atoms with Gasteiger partial charge in [0, 0.05) is 19.0 Å². The second-order valence-corrected chi connectivity index (χ2v) is 6.50. The highest BCUT2D eigenvalue weighted by atomic mass is 32.2. The number of hydrogen-bond acceptors (Lipinski definition) is 5. The molecule has 106 valence electrons. The summed E-state index contributed by atoms with van der Waals surface area (Å²) in [5.41, 5.74) is 5.83. The summed E-state index contributed by atoms with van der Waals surface area (Å²) in [5, 5.41) is -0.650. The quantitative estimate of drug-likeness (QED) is 0.859. The Morgan fingerprint density at radius 3 is 2.68 bits per heavy atom. The van der Waals surface area contributed by atoms with Gasteiger partial charge in [-0.25, -0.2) is 8.42 Å². The minimum atomic E-state index is -3.47. The van der Waals surface area contributed by atoms with Crippen LogP contribution in [0.4, 0.5) is 5.69 Å². The molecule has 0 spiro atoms. The van der Waals surface area contributed by atoms with E-state index >= 15 is 0 Å². The molecule has 19 heavy (non-hydrogen) atoms. The summed E-state index contributed by atoms with van der Waals surface area (Å²) in [6, 6.07) is 4.97. The molecule has 3 N–H and O–H groups in total. The average Bonchev–Trinajstić information content (AvgIpc) is 2.61. The fourth-order valence-electron chi connectivity index (χ4n) is 1.62. The summed E-state index contributed by atoms with van der Waals surface area (Å²) >= 11 is 0. The highest BCUT2D eigenvalue weighted by Crippen LogP contribution is 2.32. The fraction of sp³-hybridized carbons (Fsp3) is 0.500. The smallest absolute Gasteiger partial charge is 0.236 e. The molecular formula is C12H18N2O4S. The van der Waals surface area contributed by atoms with Crippen molar-refractivity contribution in [1.29, 1.82) is 0 Å². The van der Waals surface area contributed by atoms with Crippen molar-refractivity contribution in [3.8, 4) is 11.5 Å². The van der Waals surface area contributed by atoms with Gasteiger partial charge in [-0.3, -0.25) is 4.72 Å². The number of hydrogen-bond donors (Lipinski definition) is 2. The lowest BCUT2D eigenvalue weighted by Crippen LogP contribution is -2.31.